The van der Waals surface area contributed by atoms with Crippen molar-refractivity contribution in [2.45, 2.75) is 52.0 Å². The molecule has 1 aliphatic carbocycles. The zero-order chi connectivity index (χ0) is 12.8. The Labute approximate surface area is 106 Å². The van der Waals surface area contributed by atoms with Crippen molar-refractivity contribution >= 4 is 5.97 Å². The van der Waals surface area contributed by atoms with Crippen LogP contribution in [0.25, 0.3) is 0 Å². The van der Waals surface area contributed by atoms with E-state index in [1.165, 1.54) is 39.2 Å². The van der Waals surface area contributed by atoms with Crippen molar-refractivity contribution in [1.82, 2.24) is 4.90 Å². The molecule has 1 aliphatic rings. The van der Waals surface area contributed by atoms with Gasteiger partial charge < -0.3 is 9.64 Å². The number of rotatable bonds is 5. The Morgan fingerprint density at radius 3 is 2.65 bits per heavy atom. The topological polar surface area (TPSA) is 29.5 Å². The van der Waals surface area contributed by atoms with Gasteiger partial charge in [0.05, 0.1) is 13.0 Å². The molecule has 0 radical (unpaired) electrons. The van der Waals surface area contributed by atoms with Gasteiger partial charge in [-0.2, -0.15) is 0 Å². The lowest BCUT2D eigenvalue weighted by molar-refractivity contribution is -0.145. The highest BCUT2D eigenvalue weighted by molar-refractivity contribution is 5.72. The van der Waals surface area contributed by atoms with Crippen LogP contribution in [0.15, 0.2) is 0 Å². The number of ether oxygens (including phenoxy) is 1. The van der Waals surface area contributed by atoms with Crippen molar-refractivity contribution in [2.75, 3.05) is 20.7 Å². The molecule has 1 fully saturated rings. The minimum atomic E-state index is -0.0966. The third-order valence-corrected chi connectivity index (χ3v) is 4.12. The number of carbonyl (C=O) groups is 1. The molecule has 0 N–H and O–H groups in total. The number of carbonyl (C=O) groups excluding carboxylic acids is 1. The molecule has 17 heavy (non-hydrogen) atoms. The van der Waals surface area contributed by atoms with Gasteiger partial charge in [0.25, 0.3) is 0 Å². The van der Waals surface area contributed by atoms with Crippen molar-refractivity contribution < 1.29 is 9.53 Å². The van der Waals surface area contributed by atoms with Crippen LogP contribution in [0, 0.1) is 11.8 Å². The highest BCUT2D eigenvalue weighted by Crippen LogP contribution is 2.30. The second kappa shape index (κ2) is 7.00. The summed E-state index contributed by atoms with van der Waals surface area (Å²) in [5.74, 6) is 0.684. The van der Waals surface area contributed by atoms with Gasteiger partial charge in [-0.1, -0.05) is 33.1 Å². The molecule has 3 atom stereocenters. The van der Waals surface area contributed by atoms with Gasteiger partial charge in [0.1, 0.15) is 0 Å². The van der Waals surface area contributed by atoms with Crippen molar-refractivity contribution in [1.29, 1.82) is 0 Å². The number of esters is 1. The molecule has 0 aromatic rings. The third-order valence-electron chi connectivity index (χ3n) is 4.12. The molecule has 100 valence electrons. The average Bonchev–Trinajstić information content (AvgIpc) is 2.37. The number of hydrogen-bond donors (Lipinski definition) is 0. The van der Waals surface area contributed by atoms with Crippen molar-refractivity contribution in [2.24, 2.45) is 11.8 Å². The van der Waals surface area contributed by atoms with Crippen LogP contribution < -0.4 is 0 Å². The second-order valence-electron chi connectivity index (χ2n) is 5.38. The molecule has 3 unspecified atom stereocenters. The van der Waals surface area contributed by atoms with E-state index in [1.54, 1.807) is 0 Å². The van der Waals surface area contributed by atoms with Gasteiger partial charge in [0.15, 0.2) is 0 Å². The summed E-state index contributed by atoms with van der Waals surface area (Å²) >= 11 is 0. The molecule has 0 heterocycles. The molecule has 0 aliphatic heterocycles. The maximum Gasteiger partial charge on any atom is 0.309 e. The van der Waals surface area contributed by atoms with E-state index in [0.717, 1.165) is 12.5 Å². The number of nitrogens with zero attached hydrogens (tertiary/aromatic N) is 1. The Morgan fingerprint density at radius 2 is 2.06 bits per heavy atom. The summed E-state index contributed by atoms with van der Waals surface area (Å²) in [5.41, 5.74) is 0. The van der Waals surface area contributed by atoms with Gasteiger partial charge >= 0.3 is 5.97 Å². The van der Waals surface area contributed by atoms with Crippen LogP contribution in [0.1, 0.15) is 46.0 Å². The zero-order valence-electron chi connectivity index (χ0n) is 11.7. The predicted octanol–water partition coefficient (Wildman–Crippen LogP) is 2.70. The van der Waals surface area contributed by atoms with E-state index >= 15 is 0 Å². The molecule has 0 amide bonds. The van der Waals surface area contributed by atoms with E-state index in [-0.39, 0.29) is 11.9 Å². The first-order valence-corrected chi connectivity index (χ1v) is 6.88. The fourth-order valence-electron chi connectivity index (χ4n) is 3.09. The first-order valence-electron chi connectivity index (χ1n) is 6.88. The summed E-state index contributed by atoms with van der Waals surface area (Å²) in [4.78, 5) is 13.8. The molecule has 0 spiro atoms. The highest BCUT2D eigenvalue weighted by atomic mass is 16.5. The zero-order valence-corrected chi connectivity index (χ0v) is 11.7. The van der Waals surface area contributed by atoms with Crippen LogP contribution in [0.5, 0.6) is 0 Å². The lowest BCUT2D eigenvalue weighted by Gasteiger charge is -2.38. The van der Waals surface area contributed by atoms with E-state index in [2.05, 4.69) is 18.9 Å². The van der Waals surface area contributed by atoms with Crippen molar-refractivity contribution in [3.63, 3.8) is 0 Å². The van der Waals surface area contributed by atoms with E-state index < -0.39 is 0 Å². The lowest BCUT2D eigenvalue weighted by atomic mass is 9.82. The predicted molar refractivity (Wildman–Crippen MR) is 69.8 cm³/mol. The minimum absolute atomic E-state index is 0.0237. The Hall–Kier alpha value is -0.570. The molecule has 3 nitrogen and oxygen atoms in total. The molecule has 3 heteroatoms. The van der Waals surface area contributed by atoms with Crippen molar-refractivity contribution in [3.05, 3.63) is 0 Å². The monoisotopic (exact) mass is 241 g/mol. The molecule has 1 saturated carbocycles. The molecular formula is C14H27NO2. The highest BCUT2D eigenvalue weighted by Gasteiger charge is 2.28. The Balaban J connectivity index is 2.49. The third kappa shape index (κ3) is 3.98. The van der Waals surface area contributed by atoms with E-state index in [9.17, 15) is 4.79 Å². The molecule has 0 aromatic heterocycles. The normalized spacial score (nSPS) is 26.9. The van der Waals surface area contributed by atoms with Gasteiger partial charge in [0, 0.05) is 12.6 Å². The van der Waals surface area contributed by atoms with Gasteiger partial charge in [-0.3, -0.25) is 4.79 Å². The number of methoxy groups -OCH3 is 1. The average molecular weight is 241 g/mol. The van der Waals surface area contributed by atoms with Crippen LogP contribution in [0.4, 0.5) is 0 Å². The molecule has 0 bridgehead atoms. The fourth-order valence-corrected chi connectivity index (χ4v) is 3.09. The largest absolute Gasteiger partial charge is 0.469 e. The maximum atomic E-state index is 11.4. The maximum absolute atomic E-state index is 11.4. The second-order valence-corrected chi connectivity index (χ2v) is 5.38. The van der Waals surface area contributed by atoms with Crippen LogP contribution in [0.3, 0.4) is 0 Å². The molecular weight excluding hydrogens is 214 g/mol. The molecule has 0 aromatic carbocycles. The van der Waals surface area contributed by atoms with Crippen LogP contribution in [0.2, 0.25) is 0 Å². The van der Waals surface area contributed by atoms with E-state index in [1.807, 2.05) is 6.92 Å². The minimum Gasteiger partial charge on any atom is -0.469 e. The summed E-state index contributed by atoms with van der Waals surface area (Å²) in [7, 11) is 3.62. The summed E-state index contributed by atoms with van der Waals surface area (Å²) in [6.07, 6.45) is 6.58. The van der Waals surface area contributed by atoms with Crippen molar-refractivity contribution in [3.8, 4) is 0 Å². The van der Waals surface area contributed by atoms with Crippen LogP contribution in [-0.4, -0.2) is 37.6 Å². The Kier molecular flexibility index (Phi) is 5.96. The smallest absolute Gasteiger partial charge is 0.309 e. The molecule has 0 saturated heterocycles. The lowest BCUT2D eigenvalue weighted by Crippen LogP contribution is -2.43. The first kappa shape index (κ1) is 14.5. The van der Waals surface area contributed by atoms with Gasteiger partial charge in [0.2, 0.25) is 0 Å². The Bertz CT molecular complexity index is 242. The van der Waals surface area contributed by atoms with Gasteiger partial charge in [-0.15, -0.1) is 0 Å². The first-order chi connectivity index (χ1) is 8.10. The number of hydrogen-bond acceptors (Lipinski definition) is 3. The summed E-state index contributed by atoms with van der Waals surface area (Å²) in [6, 6.07) is 0.654. The molecule has 1 rings (SSSR count). The summed E-state index contributed by atoms with van der Waals surface area (Å²) in [5, 5.41) is 0. The van der Waals surface area contributed by atoms with Crippen LogP contribution >= 0.6 is 0 Å². The van der Waals surface area contributed by atoms with E-state index in [4.69, 9.17) is 4.74 Å². The van der Waals surface area contributed by atoms with Crippen LogP contribution in [-0.2, 0) is 9.53 Å². The fraction of sp³-hybridized carbons (Fsp3) is 0.929. The Morgan fingerprint density at radius 1 is 1.41 bits per heavy atom. The summed E-state index contributed by atoms with van der Waals surface area (Å²) in [6.45, 7) is 5.04. The quantitative estimate of drug-likeness (QED) is 0.693. The van der Waals surface area contributed by atoms with Gasteiger partial charge in [-0.25, -0.2) is 0 Å². The van der Waals surface area contributed by atoms with Gasteiger partial charge in [-0.05, 0) is 25.8 Å². The van der Waals surface area contributed by atoms with E-state index in [0.29, 0.717) is 6.04 Å². The SMILES string of the molecule is CCC1CCCCC1N(C)CC(C)C(=O)OC. The summed E-state index contributed by atoms with van der Waals surface area (Å²) < 4.78 is 4.79. The standard InChI is InChI=1S/C14H27NO2/c1-5-12-8-6-7-9-13(12)15(3)10-11(2)14(16)17-4/h11-13H,5-10H2,1-4H3.